The Hall–Kier alpha value is -3.98. The van der Waals surface area contributed by atoms with Crippen LogP contribution in [-0.4, -0.2) is 4.92 Å². The number of hydrogen-bond acceptors (Lipinski definition) is 4. The minimum atomic E-state index is -0.495. The Morgan fingerprint density at radius 1 is 1.07 bits per heavy atom. The summed E-state index contributed by atoms with van der Waals surface area (Å²) < 4.78 is 19.5. The van der Waals surface area contributed by atoms with Gasteiger partial charge >= 0.3 is 0 Å². The van der Waals surface area contributed by atoms with Gasteiger partial charge in [0.2, 0.25) is 0 Å². The highest BCUT2D eigenvalue weighted by molar-refractivity contribution is 5.90. The van der Waals surface area contributed by atoms with Crippen molar-refractivity contribution in [3.63, 3.8) is 0 Å². The molecule has 0 aliphatic carbocycles. The van der Waals surface area contributed by atoms with Gasteiger partial charge in [-0.15, -0.1) is 0 Å². The predicted molar refractivity (Wildman–Crippen MR) is 104 cm³/mol. The zero-order valence-electron chi connectivity index (χ0n) is 14.7. The molecular formula is C22H15FN2O3. The van der Waals surface area contributed by atoms with E-state index in [9.17, 15) is 19.8 Å². The van der Waals surface area contributed by atoms with Gasteiger partial charge in [-0.25, -0.2) is 4.39 Å². The lowest BCUT2D eigenvalue weighted by molar-refractivity contribution is -0.384. The van der Waals surface area contributed by atoms with Crippen LogP contribution in [0.1, 0.15) is 16.7 Å². The monoisotopic (exact) mass is 374 g/mol. The number of hydrogen-bond donors (Lipinski definition) is 0. The standard InChI is InChI=1S/C22H15FN2O3/c23-21-7-3-1-6-18(21)15-28-22-8-4-2-5-17(22)13-19(14-24)16-9-11-20(12-10-16)25(26)27/h1-13H,15H2. The number of ether oxygens (including phenoxy) is 1. The van der Waals surface area contributed by atoms with Gasteiger partial charge in [0.05, 0.1) is 16.6 Å². The third kappa shape index (κ3) is 4.40. The second-order valence-corrected chi connectivity index (χ2v) is 5.89. The first kappa shape index (κ1) is 18.8. The van der Waals surface area contributed by atoms with Crippen LogP contribution < -0.4 is 4.74 Å². The van der Waals surface area contributed by atoms with E-state index in [2.05, 4.69) is 6.07 Å². The molecule has 0 unspecified atom stereocenters. The van der Waals surface area contributed by atoms with Crippen molar-refractivity contribution in [3.05, 3.63) is 105 Å². The van der Waals surface area contributed by atoms with Crippen molar-refractivity contribution in [2.24, 2.45) is 0 Å². The molecule has 0 spiro atoms. The number of halogens is 1. The topological polar surface area (TPSA) is 76.2 Å². The smallest absolute Gasteiger partial charge is 0.269 e. The van der Waals surface area contributed by atoms with Crippen molar-refractivity contribution >= 4 is 17.3 Å². The quantitative estimate of drug-likeness (QED) is 0.251. The molecule has 3 aromatic carbocycles. The average Bonchev–Trinajstić information content (AvgIpc) is 2.72. The molecular weight excluding hydrogens is 359 g/mol. The Balaban J connectivity index is 1.87. The maximum Gasteiger partial charge on any atom is 0.269 e. The lowest BCUT2D eigenvalue weighted by atomic mass is 10.0. The van der Waals surface area contributed by atoms with Gasteiger partial charge < -0.3 is 4.74 Å². The minimum absolute atomic E-state index is 0.0466. The third-order valence-electron chi connectivity index (χ3n) is 4.07. The van der Waals surface area contributed by atoms with E-state index in [0.29, 0.717) is 28.0 Å². The van der Waals surface area contributed by atoms with E-state index in [1.807, 2.05) is 0 Å². The molecule has 0 heterocycles. The fourth-order valence-electron chi connectivity index (χ4n) is 2.60. The normalized spacial score (nSPS) is 10.9. The zero-order chi connectivity index (χ0) is 19.9. The van der Waals surface area contributed by atoms with Gasteiger partial charge in [0.25, 0.3) is 5.69 Å². The van der Waals surface area contributed by atoms with Crippen LogP contribution in [0.15, 0.2) is 72.8 Å². The van der Waals surface area contributed by atoms with Gasteiger partial charge in [-0.2, -0.15) is 5.26 Å². The van der Waals surface area contributed by atoms with Crippen LogP contribution in [0.4, 0.5) is 10.1 Å². The van der Waals surface area contributed by atoms with Crippen LogP contribution in [0.25, 0.3) is 11.6 Å². The molecule has 6 heteroatoms. The Bertz CT molecular complexity index is 1070. The van der Waals surface area contributed by atoms with Gasteiger partial charge in [-0.1, -0.05) is 36.4 Å². The largest absolute Gasteiger partial charge is 0.488 e. The number of para-hydroxylation sites is 1. The molecule has 0 N–H and O–H groups in total. The van der Waals surface area contributed by atoms with Crippen LogP contribution in [0.2, 0.25) is 0 Å². The second kappa shape index (κ2) is 8.60. The van der Waals surface area contributed by atoms with E-state index in [1.54, 1.807) is 48.5 Å². The molecule has 0 fully saturated rings. The number of non-ortho nitro benzene ring substituents is 1. The van der Waals surface area contributed by atoms with Crippen LogP contribution in [0.5, 0.6) is 5.75 Å². The van der Waals surface area contributed by atoms with Crippen LogP contribution in [0.3, 0.4) is 0 Å². The Morgan fingerprint density at radius 2 is 1.75 bits per heavy atom. The van der Waals surface area contributed by atoms with E-state index in [1.165, 1.54) is 30.3 Å². The van der Waals surface area contributed by atoms with Crippen molar-refractivity contribution < 1.29 is 14.1 Å². The number of allylic oxidation sites excluding steroid dienone is 1. The SMILES string of the molecule is N#CC(=Cc1ccccc1OCc1ccccc1F)c1ccc([N+](=O)[O-])cc1. The summed E-state index contributed by atoms with van der Waals surface area (Å²) >= 11 is 0. The molecule has 0 atom stereocenters. The fourth-order valence-corrected chi connectivity index (χ4v) is 2.60. The Morgan fingerprint density at radius 3 is 2.43 bits per heavy atom. The lowest BCUT2D eigenvalue weighted by Crippen LogP contribution is -1.99. The summed E-state index contributed by atoms with van der Waals surface area (Å²) in [5.41, 5.74) is 1.91. The molecule has 0 saturated carbocycles. The summed E-state index contributed by atoms with van der Waals surface area (Å²) in [7, 11) is 0. The first-order valence-corrected chi connectivity index (χ1v) is 8.40. The molecule has 0 saturated heterocycles. The van der Waals surface area contributed by atoms with E-state index >= 15 is 0 Å². The van der Waals surface area contributed by atoms with Crippen molar-refractivity contribution in [2.75, 3.05) is 0 Å². The van der Waals surface area contributed by atoms with Crippen molar-refractivity contribution in [3.8, 4) is 11.8 Å². The third-order valence-corrected chi connectivity index (χ3v) is 4.07. The Labute approximate surface area is 161 Å². The molecule has 0 aromatic heterocycles. The predicted octanol–water partition coefficient (Wildman–Crippen LogP) is 5.38. The molecule has 5 nitrogen and oxygen atoms in total. The molecule has 0 aliphatic heterocycles. The molecule has 0 radical (unpaired) electrons. The maximum absolute atomic E-state index is 13.8. The number of nitro benzene ring substituents is 1. The van der Waals surface area contributed by atoms with Crippen molar-refractivity contribution in [1.82, 2.24) is 0 Å². The van der Waals surface area contributed by atoms with Gasteiger partial charge in [-0.3, -0.25) is 10.1 Å². The van der Waals surface area contributed by atoms with Gasteiger partial charge in [-0.05, 0) is 35.9 Å². The highest BCUT2D eigenvalue weighted by atomic mass is 19.1. The lowest BCUT2D eigenvalue weighted by Gasteiger charge is -2.10. The summed E-state index contributed by atoms with van der Waals surface area (Å²) in [5, 5.41) is 20.3. The summed E-state index contributed by atoms with van der Waals surface area (Å²) in [4.78, 5) is 10.3. The molecule has 28 heavy (non-hydrogen) atoms. The summed E-state index contributed by atoms with van der Waals surface area (Å²) in [6, 6.07) is 21.3. The maximum atomic E-state index is 13.8. The van der Waals surface area contributed by atoms with Crippen molar-refractivity contribution in [2.45, 2.75) is 6.61 Å². The first-order chi connectivity index (χ1) is 13.6. The number of rotatable bonds is 6. The highest BCUT2D eigenvalue weighted by Crippen LogP contribution is 2.26. The molecule has 138 valence electrons. The van der Waals surface area contributed by atoms with Crippen molar-refractivity contribution in [1.29, 1.82) is 5.26 Å². The number of nitriles is 1. The van der Waals surface area contributed by atoms with Crippen LogP contribution >= 0.6 is 0 Å². The molecule has 3 aromatic rings. The highest BCUT2D eigenvalue weighted by Gasteiger charge is 2.09. The summed E-state index contributed by atoms with van der Waals surface area (Å²) in [6.45, 7) is 0.0525. The van der Waals surface area contributed by atoms with E-state index in [-0.39, 0.29) is 18.1 Å². The molecule has 0 amide bonds. The Kier molecular flexibility index (Phi) is 5.78. The van der Waals surface area contributed by atoms with E-state index < -0.39 is 4.92 Å². The minimum Gasteiger partial charge on any atom is -0.488 e. The van der Waals surface area contributed by atoms with E-state index in [0.717, 1.165) is 0 Å². The number of nitrogens with zero attached hydrogens (tertiary/aromatic N) is 2. The molecule has 0 aliphatic rings. The first-order valence-electron chi connectivity index (χ1n) is 8.40. The number of nitro groups is 1. The average molecular weight is 374 g/mol. The van der Waals surface area contributed by atoms with Crippen LogP contribution in [0, 0.1) is 27.3 Å². The fraction of sp³-hybridized carbons (Fsp3) is 0.0455. The molecule has 3 rings (SSSR count). The second-order valence-electron chi connectivity index (χ2n) is 5.89. The van der Waals surface area contributed by atoms with E-state index in [4.69, 9.17) is 4.74 Å². The molecule has 0 bridgehead atoms. The zero-order valence-corrected chi connectivity index (χ0v) is 14.7. The summed E-state index contributed by atoms with van der Waals surface area (Å²) in [6.07, 6.45) is 1.64. The van der Waals surface area contributed by atoms with Gasteiger partial charge in [0, 0.05) is 23.3 Å². The number of benzene rings is 3. The summed E-state index contributed by atoms with van der Waals surface area (Å²) in [5.74, 6) is 0.152. The van der Waals surface area contributed by atoms with Gasteiger partial charge in [0.15, 0.2) is 0 Å². The van der Waals surface area contributed by atoms with Gasteiger partial charge in [0.1, 0.15) is 18.2 Å². The van der Waals surface area contributed by atoms with Crippen LogP contribution in [-0.2, 0) is 6.61 Å².